The van der Waals surface area contributed by atoms with Gasteiger partial charge in [0.1, 0.15) is 5.69 Å². The molecule has 5 nitrogen and oxygen atoms in total. The molecule has 1 aromatic carbocycles. The van der Waals surface area contributed by atoms with Gasteiger partial charge >= 0.3 is 0 Å². The Morgan fingerprint density at radius 2 is 2.00 bits per heavy atom. The summed E-state index contributed by atoms with van der Waals surface area (Å²) in [7, 11) is 0. The van der Waals surface area contributed by atoms with Crippen molar-refractivity contribution in [3.63, 3.8) is 0 Å². The zero-order chi connectivity index (χ0) is 15.7. The first kappa shape index (κ1) is 14.8. The van der Waals surface area contributed by atoms with Crippen LogP contribution in [0.3, 0.4) is 0 Å². The average molecular weight is 298 g/mol. The molecule has 1 saturated heterocycles. The highest BCUT2D eigenvalue weighted by Crippen LogP contribution is 2.20. The number of nitrogens with one attached hydrogen (secondary N) is 2. The molecule has 1 aliphatic heterocycles. The van der Waals surface area contributed by atoms with Gasteiger partial charge in [-0.1, -0.05) is 29.8 Å². The zero-order valence-electron chi connectivity index (χ0n) is 13.3. The number of rotatable bonds is 2. The molecule has 0 saturated carbocycles. The summed E-state index contributed by atoms with van der Waals surface area (Å²) in [6.45, 7) is 8.51. The summed E-state index contributed by atoms with van der Waals surface area (Å²) in [6, 6.07) is 9.97. The molecule has 1 amide bonds. The van der Waals surface area contributed by atoms with Crippen molar-refractivity contribution in [3.05, 3.63) is 41.6 Å². The number of carbonyl (C=O) groups excluding carboxylic acids is 1. The van der Waals surface area contributed by atoms with Crippen molar-refractivity contribution >= 4 is 5.91 Å². The number of aryl methyl sites for hydroxylation is 1. The number of hydrogen-bond acceptors (Lipinski definition) is 3. The molecular weight excluding hydrogens is 276 g/mol. The van der Waals surface area contributed by atoms with Crippen molar-refractivity contribution in [1.29, 1.82) is 0 Å². The van der Waals surface area contributed by atoms with Crippen LogP contribution >= 0.6 is 0 Å². The number of benzene rings is 1. The smallest absolute Gasteiger partial charge is 0.271 e. The summed E-state index contributed by atoms with van der Waals surface area (Å²) in [4.78, 5) is 14.5. The maximum absolute atomic E-state index is 12.6. The van der Waals surface area contributed by atoms with Crippen LogP contribution in [0.25, 0.3) is 11.3 Å². The first-order valence-corrected chi connectivity index (χ1v) is 7.61. The molecule has 0 bridgehead atoms. The van der Waals surface area contributed by atoms with Crippen LogP contribution in [0.5, 0.6) is 0 Å². The molecule has 1 aromatic heterocycles. The van der Waals surface area contributed by atoms with Gasteiger partial charge in [0.05, 0.1) is 5.69 Å². The van der Waals surface area contributed by atoms with E-state index in [1.807, 2.05) is 35.2 Å². The Bertz CT molecular complexity index is 672. The van der Waals surface area contributed by atoms with Crippen molar-refractivity contribution in [2.75, 3.05) is 19.6 Å². The molecule has 0 unspecified atom stereocenters. The topological polar surface area (TPSA) is 61.0 Å². The summed E-state index contributed by atoms with van der Waals surface area (Å²) < 4.78 is 0. The van der Waals surface area contributed by atoms with E-state index in [0.717, 1.165) is 24.3 Å². The predicted octanol–water partition coefficient (Wildman–Crippen LogP) is 2.21. The highest BCUT2D eigenvalue weighted by Gasteiger charge is 2.29. The van der Waals surface area contributed by atoms with E-state index >= 15 is 0 Å². The number of carbonyl (C=O) groups is 1. The second-order valence-corrected chi connectivity index (χ2v) is 6.57. The van der Waals surface area contributed by atoms with Crippen molar-refractivity contribution < 1.29 is 4.79 Å². The normalized spacial score (nSPS) is 17.5. The molecular formula is C17H22N4O. The van der Waals surface area contributed by atoms with Gasteiger partial charge in [-0.25, -0.2) is 0 Å². The lowest BCUT2D eigenvalue weighted by atomic mass is 10.0. The summed E-state index contributed by atoms with van der Waals surface area (Å²) in [5.74, 6) is 0.0143. The number of aromatic amines is 1. The molecule has 0 atom stereocenters. The first-order chi connectivity index (χ1) is 10.4. The molecule has 1 fully saturated rings. The minimum Gasteiger partial charge on any atom is -0.334 e. The average Bonchev–Trinajstić information content (AvgIpc) is 2.96. The number of amides is 1. The molecule has 22 heavy (non-hydrogen) atoms. The number of nitrogens with zero attached hydrogens (tertiary/aromatic N) is 2. The van der Waals surface area contributed by atoms with Crippen LogP contribution in [0.1, 0.15) is 29.9 Å². The molecule has 2 N–H and O–H groups in total. The first-order valence-electron chi connectivity index (χ1n) is 7.61. The van der Waals surface area contributed by atoms with E-state index < -0.39 is 0 Å². The van der Waals surface area contributed by atoms with Crippen molar-refractivity contribution in [2.24, 2.45) is 0 Å². The molecule has 0 aliphatic carbocycles. The molecule has 2 aromatic rings. The Labute approximate surface area is 130 Å². The van der Waals surface area contributed by atoms with Gasteiger partial charge in [-0.2, -0.15) is 5.10 Å². The molecule has 0 radical (unpaired) electrons. The number of piperazine rings is 1. The second-order valence-electron chi connectivity index (χ2n) is 6.57. The highest BCUT2D eigenvalue weighted by molar-refractivity contribution is 5.93. The summed E-state index contributed by atoms with van der Waals surface area (Å²) in [5, 5.41) is 10.6. The molecule has 1 aliphatic rings. The fourth-order valence-electron chi connectivity index (χ4n) is 2.79. The van der Waals surface area contributed by atoms with Crippen LogP contribution in [-0.4, -0.2) is 46.2 Å². The molecule has 116 valence electrons. The van der Waals surface area contributed by atoms with E-state index in [9.17, 15) is 4.79 Å². The van der Waals surface area contributed by atoms with Crippen LogP contribution in [0.4, 0.5) is 0 Å². The predicted molar refractivity (Wildman–Crippen MR) is 86.7 cm³/mol. The molecule has 0 spiro atoms. The van der Waals surface area contributed by atoms with Crippen molar-refractivity contribution in [2.45, 2.75) is 26.3 Å². The lowest BCUT2D eigenvalue weighted by Gasteiger charge is -2.38. The number of aromatic nitrogens is 2. The summed E-state index contributed by atoms with van der Waals surface area (Å²) >= 11 is 0. The highest BCUT2D eigenvalue weighted by atomic mass is 16.2. The maximum atomic E-state index is 12.6. The number of H-pyrrole nitrogens is 1. The summed E-state index contributed by atoms with van der Waals surface area (Å²) in [5.41, 5.74) is 3.53. The van der Waals surface area contributed by atoms with Crippen LogP contribution in [0.2, 0.25) is 0 Å². The quantitative estimate of drug-likeness (QED) is 0.893. The Morgan fingerprint density at radius 3 is 2.68 bits per heavy atom. The second kappa shape index (κ2) is 5.57. The fraction of sp³-hybridized carbons (Fsp3) is 0.412. The van der Waals surface area contributed by atoms with Gasteiger partial charge in [0, 0.05) is 30.7 Å². The third-order valence-corrected chi connectivity index (χ3v) is 4.01. The van der Waals surface area contributed by atoms with Crippen LogP contribution < -0.4 is 5.32 Å². The lowest BCUT2D eigenvalue weighted by molar-refractivity contribution is 0.0646. The van der Waals surface area contributed by atoms with Gasteiger partial charge in [-0.05, 0) is 26.8 Å². The van der Waals surface area contributed by atoms with Gasteiger partial charge in [-0.15, -0.1) is 0 Å². The van der Waals surface area contributed by atoms with E-state index in [-0.39, 0.29) is 11.4 Å². The third-order valence-electron chi connectivity index (χ3n) is 4.01. The Kier molecular flexibility index (Phi) is 3.74. The fourth-order valence-corrected chi connectivity index (χ4v) is 2.79. The van der Waals surface area contributed by atoms with E-state index in [4.69, 9.17) is 0 Å². The minimum atomic E-state index is -0.0479. The summed E-state index contributed by atoms with van der Waals surface area (Å²) in [6.07, 6.45) is 0. The number of hydrogen-bond donors (Lipinski definition) is 2. The molecule has 5 heteroatoms. The van der Waals surface area contributed by atoms with E-state index in [2.05, 4.69) is 36.3 Å². The maximum Gasteiger partial charge on any atom is 0.271 e. The van der Waals surface area contributed by atoms with Gasteiger partial charge < -0.3 is 10.2 Å². The Hall–Kier alpha value is -2.14. The van der Waals surface area contributed by atoms with Gasteiger partial charge in [0.25, 0.3) is 5.91 Å². The van der Waals surface area contributed by atoms with Crippen molar-refractivity contribution in [1.82, 2.24) is 20.4 Å². The monoisotopic (exact) mass is 298 g/mol. The Balaban J connectivity index is 1.78. The molecule has 2 heterocycles. The van der Waals surface area contributed by atoms with Crippen molar-refractivity contribution in [3.8, 4) is 11.3 Å². The van der Waals surface area contributed by atoms with E-state index in [0.29, 0.717) is 12.2 Å². The lowest BCUT2D eigenvalue weighted by Crippen LogP contribution is -2.58. The van der Waals surface area contributed by atoms with E-state index in [1.54, 1.807) is 0 Å². The minimum absolute atomic E-state index is 0.0143. The van der Waals surface area contributed by atoms with Gasteiger partial charge in [0.15, 0.2) is 0 Å². The van der Waals surface area contributed by atoms with Gasteiger partial charge in [0.2, 0.25) is 0 Å². The Morgan fingerprint density at radius 1 is 1.27 bits per heavy atom. The zero-order valence-corrected chi connectivity index (χ0v) is 13.3. The molecule has 3 rings (SSSR count). The SMILES string of the molecule is Cc1ccc(-c2cc(C(=O)N3CCNC(C)(C)C3)[nH]n2)cc1. The van der Waals surface area contributed by atoms with Crippen LogP contribution in [0, 0.1) is 6.92 Å². The largest absolute Gasteiger partial charge is 0.334 e. The van der Waals surface area contributed by atoms with E-state index in [1.165, 1.54) is 5.56 Å². The van der Waals surface area contributed by atoms with Crippen LogP contribution in [-0.2, 0) is 0 Å². The van der Waals surface area contributed by atoms with Crippen LogP contribution in [0.15, 0.2) is 30.3 Å². The standard InChI is InChI=1S/C17H22N4O/c1-12-4-6-13(7-5-12)14-10-15(20-19-14)16(22)21-9-8-18-17(2,3)11-21/h4-7,10,18H,8-9,11H2,1-3H3,(H,19,20). The van der Waals surface area contributed by atoms with Gasteiger partial charge in [-0.3, -0.25) is 9.89 Å². The third kappa shape index (κ3) is 3.04.